The molecule has 2 heteroatoms. The van der Waals surface area contributed by atoms with Crippen LogP contribution >= 0.6 is 0 Å². The van der Waals surface area contributed by atoms with Gasteiger partial charge in [-0.2, -0.15) is 4.99 Å². The van der Waals surface area contributed by atoms with E-state index in [1.807, 2.05) is 31.2 Å². The number of allylic oxidation sites excluding steroid dienone is 1. The lowest BCUT2D eigenvalue weighted by Crippen LogP contribution is -1.86. The normalized spacial score (nSPS) is 9.00. The second-order valence-electron chi connectivity index (χ2n) is 2.93. The SMILES string of the molecule is C=C(Cc1ccc(C)cc1)N=C=O. The van der Waals surface area contributed by atoms with E-state index in [9.17, 15) is 4.79 Å². The van der Waals surface area contributed by atoms with Crippen LogP contribution in [0.3, 0.4) is 0 Å². The molecule has 0 amide bonds. The summed E-state index contributed by atoms with van der Waals surface area (Å²) in [7, 11) is 0. The number of carbonyl (C=O) groups excluding carboxylic acids is 1. The van der Waals surface area contributed by atoms with Gasteiger partial charge in [0.15, 0.2) is 0 Å². The zero-order valence-electron chi connectivity index (χ0n) is 7.58. The Labute approximate surface area is 77.6 Å². The van der Waals surface area contributed by atoms with Crippen molar-refractivity contribution < 1.29 is 4.79 Å². The van der Waals surface area contributed by atoms with Crippen molar-refractivity contribution in [3.8, 4) is 0 Å². The van der Waals surface area contributed by atoms with Crippen molar-refractivity contribution in [3.05, 3.63) is 47.7 Å². The van der Waals surface area contributed by atoms with Gasteiger partial charge in [0.25, 0.3) is 0 Å². The van der Waals surface area contributed by atoms with Crippen molar-refractivity contribution in [2.75, 3.05) is 0 Å². The van der Waals surface area contributed by atoms with Crippen molar-refractivity contribution in [3.63, 3.8) is 0 Å². The van der Waals surface area contributed by atoms with E-state index in [2.05, 4.69) is 11.6 Å². The van der Waals surface area contributed by atoms with Gasteiger partial charge in [-0.3, -0.25) is 0 Å². The molecular formula is C11H11NO. The summed E-state index contributed by atoms with van der Waals surface area (Å²) in [5.41, 5.74) is 2.86. The van der Waals surface area contributed by atoms with Crippen molar-refractivity contribution in [1.29, 1.82) is 0 Å². The van der Waals surface area contributed by atoms with Gasteiger partial charge in [0.05, 0.1) is 5.70 Å². The van der Waals surface area contributed by atoms with Gasteiger partial charge < -0.3 is 0 Å². The molecule has 1 rings (SSSR count). The first kappa shape index (κ1) is 9.43. The Kier molecular flexibility index (Phi) is 3.18. The summed E-state index contributed by atoms with van der Waals surface area (Å²) in [6.45, 7) is 5.66. The first-order valence-corrected chi connectivity index (χ1v) is 4.03. The lowest BCUT2D eigenvalue weighted by atomic mass is 10.1. The van der Waals surface area contributed by atoms with E-state index >= 15 is 0 Å². The molecule has 0 aliphatic carbocycles. The molecule has 0 bridgehead atoms. The number of nitrogens with zero attached hydrogens (tertiary/aromatic N) is 1. The third-order valence-electron chi connectivity index (χ3n) is 1.73. The van der Waals surface area contributed by atoms with Crippen LogP contribution in [0.15, 0.2) is 41.5 Å². The van der Waals surface area contributed by atoms with Gasteiger partial charge in [0.2, 0.25) is 6.08 Å². The standard InChI is InChI=1S/C11H11NO/c1-9-3-5-11(6-4-9)7-10(2)12-8-13/h3-6H,2,7H2,1H3. The van der Waals surface area contributed by atoms with Crippen LogP contribution in [0.2, 0.25) is 0 Å². The summed E-state index contributed by atoms with van der Waals surface area (Å²) >= 11 is 0. The van der Waals surface area contributed by atoms with Crippen LogP contribution in [0.25, 0.3) is 0 Å². The Hall–Kier alpha value is -1.66. The van der Waals surface area contributed by atoms with E-state index < -0.39 is 0 Å². The first-order valence-electron chi connectivity index (χ1n) is 4.03. The number of hydrogen-bond acceptors (Lipinski definition) is 2. The molecule has 0 fully saturated rings. The smallest absolute Gasteiger partial charge is 0.211 e. The lowest BCUT2D eigenvalue weighted by molar-refractivity contribution is 0.564. The van der Waals surface area contributed by atoms with Gasteiger partial charge in [-0.25, -0.2) is 4.79 Å². The topological polar surface area (TPSA) is 29.4 Å². The lowest BCUT2D eigenvalue weighted by Gasteiger charge is -1.99. The molecule has 0 aliphatic rings. The first-order chi connectivity index (χ1) is 6.22. The fraction of sp³-hybridized carbons (Fsp3) is 0.182. The van der Waals surface area contributed by atoms with E-state index in [0.29, 0.717) is 12.1 Å². The molecule has 0 unspecified atom stereocenters. The minimum Gasteiger partial charge on any atom is -0.211 e. The largest absolute Gasteiger partial charge is 0.240 e. The van der Waals surface area contributed by atoms with Gasteiger partial charge >= 0.3 is 0 Å². The monoisotopic (exact) mass is 173 g/mol. The van der Waals surface area contributed by atoms with Gasteiger partial charge in [-0.05, 0) is 12.5 Å². The average Bonchev–Trinajstić information content (AvgIpc) is 2.09. The zero-order chi connectivity index (χ0) is 9.68. The summed E-state index contributed by atoms with van der Waals surface area (Å²) in [5.74, 6) is 0. The fourth-order valence-electron chi connectivity index (χ4n) is 1.05. The minimum absolute atomic E-state index is 0.541. The molecule has 13 heavy (non-hydrogen) atoms. The maximum atomic E-state index is 9.91. The minimum atomic E-state index is 0.541. The van der Waals surface area contributed by atoms with Crippen LogP contribution < -0.4 is 0 Å². The predicted octanol–water partition coefficient (Wildman–Crippen LogP) is 2.39. The summed E-state index contributed by atoms with van der Waals surface area (Å²) < 4.78 is 0. The van der Waals surface area contributed by atoms with Crippen LogP contribution in [0.4, 0.5) is 0 Å². The Balaban J connectivity index is 2.69. The Morgan fingerprint density at radius 2 is 2.08 bits per heavy atom. The number of aliphatic imine (C=N–C) groups is 1. The average molecular weight is 173 g/mol. The number of rotatable bonds is 3. The van der Waals surface area contributed by atoms with Crippen molar-refractivity contribution in [2.45, 2.75) is 13.3 Å². The molecule has 0 saturated carbocycles. The molecular weight excluding hydrogens is 162 g/mol. The van der Waals surface area contributed by atoms with Gasteiger partial charge in [-0.15, -0.1) is 0 Å². The van der Waals surface area contributed by atoms with E-state index in [1.165, 1.54) is 11.6 Å². The van der Waals surface area contributed by atoms with Crippen molar-refractivity contribution in [2.24, 2.45) is 4.99 Å². The highest BCUT2D eigenvalue weighted by molar-refractivity contribution is 5.37. The van der Waals surface area contributed by atoms with E-state index in [0.717, 1.165) is 5.56 Å². The quantitative estimate of drug-likeness (QED) is 0.509. The molecule has 66 valence electrons. The molecule has 0 spiro atoms. The van der Waals surface area contributed by atoms with Crippen LogP contribution in [-0.4, -0.2) is 6.08 Å². The third-order valence-corrected chi connectivity index (χ3v) is 1.73. The zero-order valence-corrected chi connectivity index (χ0v) is 7.58. The highest BCUT2D eigenvalue weighted by atomic mass is 16.1. The van der Waals surface area contributed by atoms with Crippen molar-refractivity contribution >= 4 is 6.08 Å². The van der Waals surface area contributed by atoms with Crippen LogP contribution in [0, 0.1) is 6.92 Å². The maximum absolute atomic E-state index is 9.91. The van der Waals surface area contributed by atoms with Gasteiger partial charge in [0.1, 0.15) is 0 Å². The van der Waals surface area contributed by atoms with Crippen LogP contribution in [0.1, 0.15) is 11.1 Å². The van der Waals surface area contributed by atoms with Crippen LogP contribution in [-0.2, 0) is 11.2 Å². The summed E-state index contributed by atoms with van der Waals surface area (Å²) in [6, 6.07) is 8.04. The summed E-state index contributed by atoms with van der Waals surface area (Å²) in [4.78, 5) is 13.3. The molecule has 0 aromatic heterocycles. The third kappa shape index (κ3) is 3.06. The molecule has 0 radical (unpaired) electrons. The highest BCUT2D eigenvalue weighted by Crippen LogP contribution is 2.08. The van der Waals surface area contributed by atoms with E-state index in [1.54, 1.807) is 0 Å². The molecule has 2 nitrogen and oxygen atoms in total. The number of hydrogen-bond donors (Lipinski definition) is 0. The summed E-state index contributed by atoms with van der Waals surface area (Å²) in [6.07, 6.45) is 2.08. The Morgan fingerprint density at radius 1 is 1.46 bits per heavy atom. The van der Waals surface area contributed by atoms with E-state index in [4.69, 9.17) is 0 Å². The predicted molar refractivity (Wildman–Crippen MR) is 52.1 cm³/mol. The molecule has 0 atom stereocenters. The highest BCUT2D eigenvalue weighted by Gasteiger charge is 1.94. The Morgan fingerprint density at radius 3 is 2.62 bits per heavy atom. The molecule has 0 saturated heterocycles. The molecule has 1 aromatic carbocycles. The molecule has 0 N–H and O–H groups in total. The maximum Gasteiger partial charge on any atom is 0.240 e. The van der Waals surface area contributed by atoms with E-state index in [-0.39, 0.29) is 0 Å². The fourth-order valence-corrected chi connectivity index (χ4v) is 1.05. The van der Waals surface area contributed by atoms with Gasteiger partial charge in [-0.1, -0.05) is 36.4 Å². The van der Waals surface area contributed by atoms with Crippen molar-refractivity contribution in [1.82, 2.24) is 0 Å². The van der Waals surface area contributed by atoms with Gasteiger partial charge in [0, 0.05) is 6.42 Å². The molecule has 1 aromatic rings. The number of isocyanates is 1. The van der Waals surface area contributed by atoms with Crippen LogP contribution in [0.5, 0.6) is 0 Å². The number of benzene rings is 1. The molecule has 0 heterocycles. The second kappa shape index (κ2) is 4.39. The second-order valence-corrected chi connectivity index (χ2v) is 2.93. The number of aryl methyl sites for hydroxylation is 1. The molecule has 0 aliphatic heterocycles. The summed E-state index contributed by atoms with van der Waals surface area (Å²) in [5, 5.41) is 0. The Bertz CT molecular complexity index is 345.